The van der Waals surface area contributed by atoms with Crippen LogP contribution in [0, 0.1) is 11.8 Å². The number of aryl methyl sites for hydroxylation is 1. The van der Waals surface area contributed by atoms with Crippen LogP contribution in [0.25, 0.3) is 11.0 Å². The smallest absolute Gasteiger partial charge is 0.407 e. The molecule has 1 aliphatic heterocycles. The van der Waals surface area contributed by atoms with Crippen molar-refractivity contribution in [2.24, 2.45) is 11.8 Å². The molecule has 2 aromatic heterocycles. The summed E-state index contributed by atoms with van der Waals surface area (Å²) in [5.41, 5.74) is 0.336. The van der Waals surface area contributed by atoms with Gasteiger partial charge in [0.15, 0.2) is 5.60 Å². The maximum Gasteiger partial charge on any atom is 0.407 e. The van der Waals surface area contributed by atoms with Gasteiger partial charge in [0.2, 0.25) is 5.79 Å². The van der Waals surface area contributed by atoms with Crippen molar-refractivity contribution in [1.82, 2.24) is 19.9 Å². The van der Waals surface area contributed by atoms with Gasteiger partial charge in [-0.15, -0.1) is 0 Å². The number of fused-ring (bicyclic) bond motifs is 1. The summed E-state index contributed by atoms with van der Waals surface area (Å²) in [7, 11) is 0. The van der Waals surface area contributed by atoms with Gasteiger partial charge in [0.05, 0.1) is 24.1 Å². The lowest BCUT2D eigenvalue weighted by Gasteiger charge is -2.36. The predicted octanol–water partition coefficient (Wildman–Crippen LogP) is 5.93. The number of nitrogens with one attached hydrogen (secondary N) is 1. The Morgan fingerprint density at radius 2 is 1.92 bits per heavy atom. The van der Waals surface area contributed by atoms with E-state index in [1.54, 1.807) is 40.8 Å². The van der Waals surface area contributed by atoms with Crippen LogP contribution in [0.15, 0.2) is 18.6 Å². The fourth-order valence-corrected chi connectivity index (χ4v) is 5.89. The molecule has 4 rings (SSSR count). The van der Waals surface area contributed by atoms with Crippen LogP contribution in [0.3, 0.4) is 0 Å². The Kier molecular flexibility index (Phi) is 8.59. The summed E-state index contributed by atoms with van der Waals surface area (Å²) in [6, 6.07) is 1.31. The highest BCUT2D eigenvalue weighted by molar-refractivity contribution is 5.84. The summed E-state index contributed by atoms with van der Waals surface area (Å²) < 4.78 is 19.8. The normalized spacial score (nSPS) is 22.7. The molecule has 0 spiro atoms. The lowest BCUT2D eigenvalue weighted by molar-refractivity contribution is -0.170. The molecule has 2 aliphatic rings. The van der Waals surface area contributed by atoms with Crippen LogP contribution in [0.2, 0.25) is 0 Å². The second-order valence-corrected chi connectivity index (χ2v) is 13.2. The number of aromatic nitrogens is 3. The standard InChI is InChI=1S/C30H46N4O5/c1-20(2)15-25(33-27(36)38-28(3,4)5)30(26(35)37-29(6,7)39-30)17-22-16-24-23(18-31-22)32-19-34(24)14-13-21-11-9-8-10-12-21/h16,18-21,25H,8-15,17H2,1-7H3,(H,33,36)/t25-,30+/m0/s1. The molecule has 0 bridgehead atoms. The number of pyridine rings is 1. The minimum atomic E-state index is -1.46. The first-order chi connectivity index (χ1) is 18.3. The van der Waals surface area contributed by atoms with Crippen LogP contribution in [-0.4, -0.2) is 49.6 Å². The number of nitrogens with zero attached hydrogens (tertiary/aromatic N) is 3. The van der Waals surface area contributed by atoms with E-state index in [0.29, 0.717) is 12.1 Å². The summed E-state index contributed by atoms with van der Waals surface area (Å²) >= 11 is 0. The van der Waals surface area contributed by atoms with Gasteiger partial charge in [0.25, 0.3) is 0 Å². The second kappa shape index (κ2) is 11.4. The molecule has 9 heteroatoms. The number of carbonyl (C=O) groups is 2. The van der Waals surface area contributed by atoms with E-state index in [4.69, 9.17) is 14.2 Å². The number of cyclic esters (lactones) is 1. The van der Waals surface area contributed by atoms with Crippen molar-refractivity contribution in [3.63, 3.8) is 0 Å². The summed E-state index contributed by atoms with van der Waals surface area (Å²) in [6.45, 7) is 13.8. The van der Waals surface area contributed by atoms with E-state index in [0.717, 1.165) is 29.9 Å². The molecule has 216 valence electrons. The lowest BCUT2D eigenvalue weighted by atomic mass is 9.84. The Labute approximate surface area is 232 Å². The third-order valence-corrected chi connectivity index (χ3v) is 7.58. The van der Waals surface area contributed by atoms with Crippen LogP contribution >= 0.6 is 0 Å². The first-order valence-corrected chi connectivity index (χ1v) is 14.5. The Morgan fingerprint density at radius 1 is 1.21 bits per heavy atom. The quantitative estimate of drug-likeness (QED) is 0.392. The number of alkyl carbamates (subject to hydrolysis) is 1. The Morgan fingerprint density at radius 3 is 2.54 bits per heavy atom. The van der Waals surface area contributed by atoms with Gasteiger partial charge in [-0.3, -0.25) is 4.98 Å². The maximum absolute atomic E-state index is 13.6. The van der Waals surface area contributed by atoms with Crippen LogP contribution in [0.4, 0.5) is 4.79 Å². The number of amides is 1. The van der Waals surface area contributed by atoms with E-state index in [2.05, 4.69) is 19.9 Å². The van der Waals surface area contributed by atoms with Gasteiger partial charge in [-0.1, -0.05) is 46.0 Å². The first-order valence-electron chi connectivity index (χ1n) is 14.5. The van der Waals surface area contributed by atoms with Crippen LogP contribution in [0.5, 0.6) is 0 Å². The number of ether oxygens (including phenoxy) is 3. The average Bonchev–Trinajstić information content (AvgIpc) is 3.33. The molecule has 1 saturated heterocycles. The highest BCUT2D eigenvalue weighted by atomic mass is 16.8. The predicted molar refractivity (Wildman–Crippen MR) is 149 cm³/mol. The largest absolute Gasteiger partial charge is 0.444 e. The highest BCUT2D eigenvalue weighted by Gasteiger charge is 2.59. The molecule has 1 saturated carbocycles. The molecule has 2 atom stereocenters. The zero-order valence-electron chi connectivity index (χ0n) is 24.7. The first kappa shape index (κ1) is 29.3. The molecule has 1 aliphatic carbocycles. The van der Waals surface area contributed by atoms with E-state index < -0.39 is 35.1 Å². The van der Waals surface area contributed by atoms with Crippen molar-refractivity contribution >= 4 is 23.1 Å². The zero-order valence-corrected chi connectivity index (χ0v) is 24.7. The molecule has 39 heavy (non-hydrogen) atoms. The number of imidazole rings is 1. The van der Waals surface area contributed by atoms with E-state index in [-0.39, 0.29) is 12.3 Å². The summed E-state index contributed by atoms with van der Waals surface area (Å²) in [5, 5.41) is 2.94. The summed E-state index contributed by atoms with van der Waals surface area (Å²) in [5.74, 6) is -0.728. The summed E-state index contributed by atoms with van der Waals surface area (Å²) in [6.07, 6.45) is 11.4. The number of hydrogen-bond donors (Lipinski definition) is 1. The minimum absolute atomic E-state index is 0.145. The third-order valence-electron chi connectivity index (χ3n) is 7.58. The fraction of sp³-hybridized carbons (Fsp3) is 0.733. The van der Waals surface area contributed by atoms with E-state index in [1.807, 2.05) is 26.2 Å². The minimum Gasteiger partial charge on any atom is -0.444 e. The molecular formula is C30H46N4O5. The third kappa shape index (κ3) is 7.29. The molecule has 2 aromatic rings. The van der Waals surface area contributed by atoms with Crippen molar-refractivity contribution in [1.29, 1.82) is 0 Å². The zero-order chi connectivity index (χ0) is 28.4. The van der Waals surface area contributed by atoms with Crippen molar-refractivity contribution < 1.29 is 23.8 Å². The molecule has 1 N–H and O–H groups in total. The van der Waals surface area contributed by atoms with Gasteiger partial charge in [-0.05, 0) is 51.5 Å². The molecule has 1 amide bonds. The molecule has 3 heterocycles. The molecule has 0 radical (unpaired) electrons. The topological polar surface area (TPSA) is 105 Å². The van der Waals surface area contributed by atoms with Gasteiger partial charge in [0.1, 0.15) is 11.1 Å². The molecule has 0 aromatic carbocycles. The maximum atomic E-state index is 13.6. The fourth-order valence-electron chi connectivity index (χ4n) is 5.89. The number of carbonyl (C=O) groups excluding carboxylic acids is 2. The van der Waals surface area contributed by atoms with Crippen LogP contribution in [0.1, 0.15) is 99.1 Å². The van der Waals surface area contributed by atoms with Gasteiger partial charge >= 0.3 is 12.1 Å². The number of esters is 1. The molecule has 0 unspecified atom stereocenters. The number of rotatable bonds is 9. The lowest BCUT2D eigenvalue weighted by Crippen LogP contribution is -2.59. The second-order valence-electron chi connectivity index (χ2n) is 13.2. The Hall–Kier alpha value is -2.68. The van der Waals surface area contributed by atoms with E-state index >= 15 is 0 Å². The number of hydrogen-bond acceptors (Lipinski definition) is 7. The van der Waals surface area contributed by atoms with Crippen LogP contribution in [-0.2, 0) is 32.0 Å². The van der Waals surface area contributed by atoms with Crippen molar-refractivity contribution in [2.75, 3.05) is 0 Å². The van der Waals surface area contributed by atoms with Crippen molar-refractivity contribution in [3.8, 4) is 0 Å². The molecule has 9 nitrogen and oxygen atoms in total. The van der Waals surface area contributed by atoms with Gasteiger partial charge in [0, 0.05) is 32.5 Å². The van der Waals surface area contributed by atoms with Crippen LogP contribution < -0.4 is 5.32 Å². The van der Waals surface area contributed by atoms with Gasteiger partial charge in [-0.2, -0.15) is 0 Å². The molecule has 2 fully saturated rings. The van der Waals surface area contributed by atoms with Gasteiger partial charge < -0.3 is 24.1 Å². The van der Waals surface area contributed by atoms with E-state index in [9.17, 15) is 9.59 Å². The van der Waals surface area contributed by atoms with Crippen molar-refractivity contribution in [2.45, 2.75) is 129 Å². The Bertz CT molecular complexity index is 1160. The van der Waals surface area contributed by atoms with Crippen molar-refractivity contribution in [3.05, 3.63) is 24.3 Å². The highest BCUT2D eigenvalue weighted by Crippen LogP contribution is 2.39. The SMILES string of the molecule is CC(C)C[C@H](NC(=O)OC(C)(C)C)[C@@]1(Cc2cc3c(cn2)ncn3CCC2CCCCC2)OC(C)(C)OC1=O. The Balaban J connectivity index is 1.63. The monoisotopic (exact) mass is 542 g/mol. The summed E-state index contributed by atoms with van der Waals surface area (Å²) in [4.78, 5) is 35.7. The molecular weight excluding hydrogens is 496 g/mol. The van der Waals surface area contributed by atoms with Gasteiger partial charge in [-0.25, -0.2) is 14.6 Å². The van der Waals surface area contributed by atoms with E-state index in [1.165, 1.54) is 32.1 Å². The average molecular weight is 543 g/mol.